The van der Waals surface area contributed by atoms with Crippen LogP contribution in [0.3, 0.4) is 0 Å². The SMILES string of the molecule is COC(CNC(=O)c1cn(C)c(=O)n(C)c1=O)[CH2][Hg][I]. The molecule has 0 radical (unpaired) electrons. The van der Waals surface area contributed by atoms with Gasteiger partial charge in [-0.3, -0.25) is 0 Å². The van der Waals surface area contributed by atoms with E-state index >= 15 is 0 Å². The monoisotopic (exact) mass is 583 g/mol. The van der Waals surface area contributed by atoms with Crippen LogP contribution in [0.4, 0.5) is 0 Å². The summed E-state index contributed by atoms with van der Waals surface area (Å²) in [6.07, 6.45) is 1.27. The van der Waals surface area contributed by atoms with Crippen molar-refractivity contribution in [2.24, 2.45) is 14.1 Å². The Kier molecular flexibility index (Phi) is 7.37. The molecule has 7 nitrogen and oxygen atoms in total. The van der Waals surface area contributed by atoms with E-state index in [-0.39, 0.29) is 11.7 Å². The fraction of sp³-hybridized carbons (Fsp3) is 0.545. The first-order valence-corrected chi connectivity index (χ1v) is 25.4. The number of aromatic nitrogens is 2. The topological polar surface area (TPSA) is 82.3 Å². The van der Waals surface area contributed by atoms with Gasteiger partial charge in [0.15, 0.2) is 0 Å². The van der Waals surface area contributed by atoms with E-state index in [1.807, 2.05) is 0 Å². The zero-order chi connectivity index (χ0) is 15.3. The van der Waals surface area contributed by atoms with Crippen LogP contribution in [0.1, 0.15) is 10.4 Å². The van der Waals surface area contributed by atoms with Crippen LogP contribution in [0.5, 0.6) is 0 Å². The molecule has 1 rings (SSSR count). The molecule has 1 aromatic rings. The summed E-state index contributed by atoms with van der Waals surface area (Å²) in [6.45, 7) is 0.379. The van der Waals surface area contributed by atoms with Gasteiger partial charge in [-0.15, -0.1) is 0 Å². The summed E-state index contributed by atoms with van der Waals surface area (Å²) in [4.78, 5) is 35.5. The van der Waals surface area contributed by atoms with Gasteiger partial charge in [-0.1, -0.05) is 0 Å². The molecule has 108 valence electrons. The molecular formula is C11H16HgIN3O4. The van der Waals surface area contributed by atoms with Gasteiger partial charge in [-0.2, -0.15) is 0 Å². The Morgan fingerprint density at radius 2 is 2.15 bits per heavy atom. The molecule has 0 saturated heterocycles. The van der Waals surface area contributed by atoms with Gasteiger partial charge in [0, 0.05) is 0 Å². The van der Waals surface area contributed by atoms with Crippen LogP contribution in [0.15, 0.2) is 15.8 Å². The average molecular weight is 582 g/mol. The summed E-state index contributed by atoms with van der Waals surface area (Å²) in [5.41, 5.74) is -1.09. The second-order valence-electron chi connectivity index (χ2n) is 4.35. The molecular weight excluding hydrogens is 566 g/mol. The van der Waals surface area contributed by atoms with Gasteiger partial charge in [-0.25, -0.2) is 0 Å². The predicted octanol–water partition coefficient (Wildman–Crippen LogP) is -0.320. The summed E-state index contributed by atoms with van der Waals surface area (Å²) >= 11 is 1.59. The molecule has 1 heterocycles. The minimum atomic E-state index is -0.860. The van der Waals surface area contributed by atoms with E-state index in [4.69, 9.17) is 4.74 Å². The number of amides is 1. The van der Waals surface area contributed by atoms with Crippen LogP contribution in [0.25, 0.3) is 0 Å². The van der Waals surface area contributed by atoms with Crippen molar-refractivity contribution in [2.45, 2.75) is 10.0 Å². The Morgan fingerprint density at radius 3 is 2.70 bits per heavy atom. The van der Waals surface area contributed by atoms with Gasteiger partial charge in [0.25, 0.3) is 0 Å². The summed E-state index contributed by atoms with van der Waals surface area (Å²) in [6, 6.07) is 0. The van der Waals surface area contributed by atoms with E-state index in [0.717, 1.165) is 8.50 Å². The van der Waals surface area contributed by atoms with E-state index in [2.05, 4.69) is 23.0 Å². The number of rotatable bonds is 6. The molecule has 0 spiro atoms. The number of hydrogen-bond acceptors (Lipinski definition) is 4. The van der Waals surface area contributed by atoms with Crippen LogP contribution >= 0.6 is 17.7 Å². The molecule has 1 amide bonds. The fourth-order valence-corrected chi connectivity index (χ4v) is 10.4. The Bertz CT molecular complexity index is 598. The number of carbonyl (C=O) groups excluding carboxylic acids is 1. The first-order valence-electron chi connectivity index (χ1n) is 6.06. The molecule has 0 aliphatic heterocycles. The van der Waals surface area contributed by atoms with Crippen molar-refractivity contribution >= 4 is 23.6 Å². The number of ether oxygens (including phenoxy) is 1. The van der Waals surface area contributed by atoms with E-state index in [0.29, 0.717) is 6.54 Å². The molecule has 0 fully saturated rings. The van der Waals surface area contributed by atoms with E-state index in [1.54, 1.807) is 7.11 Å². The molecule has 0 aliphatic carbocycles. The molecule has 1 atom stereocenters. The molecule has 0 bridgehead atoms. The number of nitrogens with one attached hydrogen (secondary N) is 1. The van der Waals surface area contributed by atoms with Gasteiger partial charge in [0.05, 0.1) is 0 Å². The Balaban J connectivity index is 2.89. The number of aryl methyl sites for hydroxylation is 1. The van der Waals surface area contributed by atoms with Crippen molar-refractivity contribution in [2.75, 3.05) is 13.7 Å². The van der Waals surface area contributed by atoms with E-state index in [9.17, 15) is 14.4 Å². The van der Waals surface area contributed by atoms with Gasteiger partial charge < -0.3 is 0 Å². The summed E-state index contributed by atoms with van der Waals surface area (Å²) in [5.74, 6) is -0.478. The first-order chi connectivity index (χ1) is 9.42. The molecule has 1 N–H and O–H groups in total. The van der Waals surface area contributed by atoms with Gasteiger partial charge in [-0.05, 0) is 0 Å². The molecule has 0 aliphatic rings. The number of halogens is 1. The third kappa shape index (κ3) is 4.38. The number of methoxy groups -OCH3 is 1. The average Bonchev–Trinajstić information content (AvgIpc) is 2.44. The summed E-state index contributed by atoms with van der Waals surface area (Å²) in [5, 5.41) is 2.69. The van der Waals surface area contributed by atoms with Gasteiger partial charge in [0.2, 0.25) is 0 Å². The Labute approximate surface area is 137 Å². The van der Waals surface area contributed by atoms with Gasteiger partial charge >= 0.3 is 138 Å². The number of carbonyl (C=O) groups is 1. The molecule has 1 unspecified atom stereocenters. The maximum absolute atomic E-state index is 12.0. The summed E-state index contributed by atoms with van der Waals surface area (Å²) in [7, 11) is 4.47. The van der Waals surface area contributed by atoms with E-state index in [1.165, 1.54) is 24.9 Å². The van der Waals surface area contributed by atoms with Crippen LogP contribution in [-0.4, -0.2) is 34.8 Å². The zero-order valence-corrected chi connectivity index (χ0v) is 19.3. The van der Waals surface area contributed by atoms with Crippen LogP contribution in [0, 0.1) is 0 Å². The molecule has 0 saturated carbocycles. The second-order valence-corrected chi connectivity index (χ2v) is 17.5. The quantitative estimate of drug-likeness (QED) is 0.369. The minimum absolute atomic E-state index is 0.00824. The third-order valence-corrected chi connectivity index (χ3v) is 11.8. The van der Waals surface area contributed by atoms with E-state index < -0.39 is 37.4 Å². The number of hydrogen-bond donors (Lipinski definition) is 1. The first kappa shape index (κ1) is 17.8. The summed E-state index contributed by atoms with van der Waals surface area (Å²) < 4.78 is 8.44. The predicted molar refractivity (Wildman–Crippen MR) is 78.9 cm³/mol. The standard InChI is InChI=1S/C11H16N3O4.Hg.HI/c1-7(18-4)5-12-9(15)8-6-13(2)11(17)14(3)10(8)16;;/h6-7H,1,5H2,2-4H3,(H,12,15);;1H/q;+1;/p-1. The second kappa shape index (κ2) is 8.27. The normalized spacial score (nSPS) is 11.8. The van der Waals surface area contributed by atoms with Crippen LogP contribution in [0.2, 0.25) is 3.93 Å². The van der Waals surface area contributed by atoms with Crippen molar-refractivity contribution in [3.05, 3.63) is 32.6 Å². The third-order valence-electron chi connectivity index (χ3n) is 2.95. The Hall–Kier alpha value is -0.225. The van der Waals surface area contributed by atoms with Crippen molar-refractivity contribution in [3.8, 4) is 0 Å². The molecule has 0 aromatic carbocycles. The van der Waals surface area contributed by atoms with Gasteiger partial charge in [0.1, 0.15) is 0 Å². The molecule has 20 heavy (non-hydrogen) atoms. The fourth-order valence-electron chi connectivity index (χ4n) is 1.69. The van der Waals surface area contributed by atoms with Crippen molar-refractivity contribution < 1.29 is 29.8 Å². The maximum atomic E-state index is 12.0. The van der Waals surface area contributed by atoms with Crippen molar-refractivity contribution in [1.82, 2.24) is 14.5 Å². The van der Waals surface area contributed by atoms with Crippen LogP contribution in [-0.2, 0) is 39.1 Å². The molecule has 9 heteroatoms. The zero-order valence-electron chi connectivity index (χ0n) is 11.7. The van der Waals surface area contributed by atoms with Crippen molar-refractivity contribution in [3.63, 3.8) is 0 Å². The Morgan fingerprint density at radius 1 is 1.50 bits per heavy atom. The number of nitrogens with zero attached hydrogens (tertiary/aromatic N) is 2. The molecule has 1 aromatic heterocycles. The van der Waals surface area contributed by atoms with Crippen molar-refractivity contribution in [1.29, 1.82) is 0 Å². The van der Waals surface area contributed by atoms with Crippen LogP contribution < -0.4 is 16.6 Å².